The summed E-state index contributed by atoms with van der Waals surface area (Å²) in [5.74, 6) is 0.722. The summed E-state index contributed by atoms with van der Waals surface area (Å²) < 4.78 is 5.31. The van der Waals surface area contributed by atoms with Crippen LogP contribution in [0.25, 0.3) is 0 Å². The zero-order chi connectivity index (χ0) is 13.7. The fourth-order valence-electron chi connectivity index (χ4n) is 1.95. The van der Waals surface area contributed by atoms with Gasteiger partial charge in [0.2, 0.25) is 0 Å². The lowest BCUT2D eigenvalue weighted by Gasteiger charge is -2.12. The molecular weight excluding hydrogens is 238 g/mol. The van der Waals surface area contributed by atoms with E-state index in [4.69, 9.17) is 4.74 Å². The van der Waals surface area contributed by atoms with Crippen molar-refractivity contribution in [2.75, 3.05) is 7.11 Å². The molecule has 19 heavy (non-hydrogen) atoms. The van der Waals surface area contributed by atoms with Crippen molar-refractivity contribution in [3.05, 3.63) is 65.2 Å². The third-order valence-electron chi connectivity index (χ3n) is 3.05. The molecule has 0 heterocycles. The zero-order valence-electron chi connectivity index (χ0n) is 11.1. The lowest BCUT2D eigenvalue weighted by molar-refractivity contribution is 0.0950. The van der Waals surface area contributed by atoms with Gasteiger partial charge in [-0.05, 0) is 30.7 Å². The third kappa shape index (κ3) is 3.13. The molecule has 3 heteroatoms. The number of carbonyl (C=O) groups is 1. The van der Waals surface area contributed by atoms with E-state index in [0.717, 1.165) is 16.9 Å². The van der Waals surface area contributed by atoms with Crippen molar-refractivity contribution < 1.29 is 9.53 Å². The Morgan fingerprint density at radius 3 is 2.53 bits per heavy atom. The predicted octanol–water partition coefficient (Wildman–Crippen LogP) is 2.93. The van der Waals surface area contributed by atoms with E-state index >= 15 is 0 Å². The van der Waals surface area contributed by atoms with E-state index in [-0.39, 0.29) is 5.91 Å². The molecule has 0 aliphatic heterocycles. The first-order valence-corrected chi connectivity index (χ1v) is 6.18. The third-order valence-corrected chi connectivity index (χ3v) is 3.05. The topological polar surface area (TPSA) is 38.3 Å². The molecule has 1 amide bonds. The van der Waals surface area contributed by atoms with E-state index in [1.807, 2.05) is 43.3 Å². The average Bonchev–Trinajstić information content (AvgIpc) is 2.46. The number of carbonyl (C=O) groups excluding carboxylic acids is 1. The molecule has 0 aliphatic carbocycles. The fourth-order valence-corrected chi connectivity index (χ4v) is 1.95. The molecule has 0 saturated carbocycles. The van der Waals surface area contributed by atoms with Crippen LogP contribution in [0, 0.1) is 6.92 Å². The van der Waals surface area contributed by atoms with Gasteiger partial charge in [0.25, 0.3) is 5.91 Å². The van der Waals surface area contributed by atoms with Gasteiger partial charge in [0.05, 0.1) is 7.11 Å². The summed E-state index contributed by atoms with van der Waals surface area (Å²) in [6.45, 7) is 2.47. The second-order valence-electron chi connectivity index (χ2n) is 4.30. The molecule has 1 N–H and O–H groups in total. The molecule has 2 aromatic rings. The van der Waals surface area contributed by atoms with Gasteiger partial charge in [-0.25, -0.2) is 0 Å². The lowest BCUT2D eigenvalue weighted by atomic mass is 10.1. The maximum Gasteiger partial charge on any atom is 0.251 e. The van der Waals surface area contributed by atoms with Crippen molar-refractivity contribution in [3.63, 3.8) is 0 Å². The van der Waals surface area contributed by atoms with E-state index < -0.39 is 0 Å². The molecule has 0 bridgehead atoms. The van der Waals surface area contributed by atoms with Crippen LogP contribution in [0.5, 0.6) is 5.75 Å². The minimum Gasteiger partial charge on any atom is -0.496 e. The summed E-state index contributed by atoms with van der Waals surface area (Å²) in [6, 6.07) is 15.0. The molecule has 0 spiro atoms. The van der Waals surface area contributed by atoms with Gasteiger partial charge in [-0.2, -0.15) is 0 Å². The molecular formula is C16H17NO2. The van der Waals surface area contributed by atoms with Gasteiger partial charge in [0.15, 0.2) is 0 Å². The largest absolute Gasteiger partial charge is 0.496 e. The number of benzene rings is 2. The molecule has 0 aromatic heterocycles. The highest BCUT2D eigenvalue weighted by Crippen LogP contribution is 2.21. The van der Waals surface area contributed by atoms with Crippen molar-refractivity contribution in [3.8, 4) is 5.75 Å². The predicted molar refractivity (Wildman–Crippen MR) is 75.3 cm³/mol. The Bertz CT molecular complexity index is 564. The Morgan fingerprint density at radius 1 is 1.11 bits per heavy atom. The Balaban J connectivity index is 2.09. The van der Waals surface area contributed by atoms with Crippen molar-refractivity contribution in [1.29, 1.82) is 0 Å². The number of hydrogen-bond donors (Lipinski definition) is 1. The average molecular weight is 255 g/mol. The molecule has 0 aliphatic rings. The molecule has 0 atom stereocenters. The normalized spacial score (nSPS) is 10.0. The number of aryl methyl sites for hydroxylation is 1. The second-order valence-corrected chi connectivity index (χ2v) is 4.30. The smallest absolute Gasteiger partial charge is 0.251 e. The second kappa shape index (κ2) is 6.05. The van der Waals surface area contributed by atoms with Crippen molar-refractivity contribution in [1.82, 2.24) is 5.32 Å². The Labute approximate surface area is 113 Å². The summed E-state index contributed by atoms with van der Waals surface area (Å²) in [5, 5.41) is 2.91. The molecule has 98 valence electrons. The van der Waals surface area contributed by atoms with Crippen LogP contribution in [0.2, 0.25) is 0 Å². The first-order valence-electron chi connectivity index (χ1n) is 6.18. The Morgan fingerprint density at radius 2 is 1.84 bits per heavy atom. The van der Waals surface area contributed by atoms with Gasteiger partial charge < -0.3 is 10.1 Å². The summed E-state index contributed by atoms with van der Waals surface area (Å²) in [4.78, 5) is 12.0. The number of hydrogen-bond acceptors (Lipinski definition) is 2. The van der Waals surface area contributed by atoms with Crippen LogP contribution in [-0.4, -0.2) is 13.0 Å². The minimum absolute atomic E-state index is 0.0779. The molecule has 3 nitrogen and oxygen atoms in total. The highest BCUT2D eigenvalue weighted by molar-refractivity contribution is 5.94. The molecule has 0 unspecified atom stereocenters. The van der Waals surface area contributed by atoms with E-state index in [2.05, 4.69) is 5.32 Å². The van der Waals surface area contributed by atoms with Crippen LogP contribution in [0.4, 0.5) is 0 Å². The highest BCUT2D eigenvalue weighted by Gasteiger charge is 2.09. The van der Waals surface area contributed by atoms with Gasteiger partial charge in [0, 0.05) is 17.7 Å². The number of ether oxygens (including phenoxy) is 1. The van der Waals surface area contributed by atoms with Gasteiger partial charge in [-0.1, -0.05) is 30.3 Å². The van der Waals surface area contributed by atoms with Crippen LogP contribution in [0.3, 0.4) is 0 Å². The van der Waals surface area contributed by atoms with Gasteiger partial charge in [0.1, 0.15) is 5.75 Å². The van der Waals surface area contributed by atoms with Crippen LogP contribution in [0.1, 0.15) is 21.5 Å². The Hall–Kier alpha value is -2.29. The summed E-state index contributed by atoms with van der Waals surface area (Å²) in [7, 11) is 1.64. The molecule has 0 saturated heterocycles. The van der Waals surface area contributed by atoms with E-state index in [1.54, 1.807) is 19.2 Å². The summed E-state index contributed by atoms with van der Waals surface area (Å²) in [5.41, 5.74) is 2.78. The van der Waals surface area contributed by atoms with Gasteiger partial charge in [-0.15, -0.1) is 0 Å². The van der Waals surface area contributed by atoms with Gasteiger partial charge >= 0.3 is 0 Å². The van der Waals surface area contributed by atoms with E-state index in [1.165, 1.54) is 0 Å². The number of nitrogens with one attached hydrogen (secondary N) is 1. The summed E-state index contributed by atoms with van der Waals surface area (Å²) in [6.07, 6.45) is 0. The first kappa shape index (κ1) is 13.1. The van der Waals surface area contributed by atoms with Crippen molar-refractivity contribution in [2.24, 2.45) is 0 Å². The number of amides is 1. The van der Waals surface area contributed by atoms with Crippen LogP contribution in [0.15, 0.2) is 48.5 Å². The van der Waals surface area contributed by atoms with Gasteiger partial charge in [-0.3, -0.25) is 4.79 Å². The minimum atomic E-state index is -0.0779. The van der Waals surface area contributed by atoms with Crippen LogP contribution < -0.4 is 10.1 Å². The number of methoxy groups -OCH3 is 1. The lowest BCUT2D eigenvalue weighted by Crippen LogP contribution is -2.23. The standard InChI is InChI=1S/C16H17NO2/c1-12-7-6-10-15(19-2)14(12)11-17-16(18)13-8-4-3-5-9-13/h3-10H,11H2,1-2H3,(H,17,18). The monoisotopic (exact) mass is 255 g/mol. The molecule has 2 rings (SSSR count). The first-order chi connectivity index (χ1) is 9.22. The van der Waals surface area contributed by atoms with Crippen LogP contribution in [-0.2, 0) is 6.54 Å². The highest BCUT2D eigenvalue weighted by atomic mass is 16.5. The number of rotatable bonds is 4. The van der Waals surface area contributed by atoms with E-state index in [0.29, 0.717) is 12.1 Å². The Kier molecular flexibility index (Phi) is 4.18. The molecule has 0 radical (unpaired) electrons. The fraction of sp³-hybridized carbons (Fsp3) is 0.188. The summed E-state index contributed by atoms with van der Waals surface area (Å²) >= 11 is 0. The van der Waals surface area contributed by atoms with Crippen molar-refractivity contribution >= 4 is 5.91 Å². The van der Waals surface area contributed by atoms with Crippen molar-refractivity contribution in [2.45, 2.75) is 13.5 Å². The zero-order valence-corrected chi connectivity index (χ0v) is 11.1. The molecule has 2 aromatic carbocycles. The SMILES string of the molecule is COc1cccc(C)c1CNC(=O)c1ccccc1. The van der Waals surface area contributed by atoms with Crippen LogP contribution >= 0.6 is 0 Å². The molecule has 0 fully saturated rings. The maximum absolute atomic E-state index is 12.0. The van der Waals surface area contributed by atoms with E-state index in [9.17, 15) is 4.79 Å². The maximum atomic E-state index is 12.0. The quantitative estimate of drug-likeness (QED) is 0.912.